The van der Waals surface area contributed by atoms with Gasteiger partial charge >= 0.3 is 0 Å². The molecule has 0 saturated carbocycles. The average Bonchev–Trinajstić information content (AvgIpc) is 2.80. The number of carboxylic acid groups (broad SMARTS) is 1. The second-order valence-corrected chi connectivity index (χ2v) is 6.77. The van der Waals surface area contributed by atoms with Crippen molar-refractivity contribution in [2.75, 3.05) is 21.3 Å². The van der Waals surface area contributed by atoms with E-state index in [9.17, 15) is 0 Å². The minimum absolute atomic E-state index is 0.660. The third-order valence-electron chi connectivity index (χ3n) is 4.32. The second-order valence-electron chi connectivity index (χ2n) is 6.39. The van der Waals surface area contributed by atoms with Crippen LogP contribution in [0.15, 0.2) is 72.8 Å². The molecule has 0 atom stereocenters. The quantitative estimate of drug-likeness (QED) is 0.479. The first-order valence-electron chi connectivity index (χ1n) is 9.42. The van der Waals surface area contributed by atoms with E-state index in [0.29, 0.717) is 5.03 Å². The molecule has 0 aliphatic carbocycles. The SMILES string of the molecule is CC(=O)O.COc1ccc(C(Cl)=C(c2ccc(OC)cc2)c2ccc(OC)cc2)cc1. The number of benzene rings is 3. The standard InChI is InChI=1S/C23H21ClO3.C2H4O2/c1-25-19-10-4-16(5-11-19)22(17-6-12-20(26-2)13-7-17)23(24)18-8-14-21(27-3)15-9-18;1-2(3)4/h4-15H,1-3H3;1H3,(H,3,4). The van der Waals surface area contributed by atoms with Crippen molar-refractivity contribution in [1.82, 2.24) is 0 Å². The van der Waals surface area contributed by atoms with Crippen LogP contribution in [0.3, 0.4) is 0 Å². The lowest BCUT2D eigenvalue weighted by Crippen LogP contribution is -1.93. The van der Waals surface area contributed by atoms with E-state index in [1.54, 1.807) is 21.3 Å². The Kier molecular flexibility index (Phi) is 8.97. The predicted octanol–water partition coefficient (Wildman–Crippen LogP) is 5.96. The van der Waals surface area contributed by atoms with E-state index >= 15 is 0 Å². The van der Waals surface area contributed by atoms with Crippen molar-refractivity contribution in [3.8, 4) is 17.2 Å². The first kappa shape index (κ1) is 23.8. The molecule has 1 N–H and O–H groups in total. The molecular formula is C25H25ClO5. The minimum atomic E-state index is -0.833. The normalized spacial score (nSPS) is 9.71. The summed E-state index contributed by atoms with van der Waals surface area (Å²) in [7, 11) is 4.95. The fraction of sp³-hybridized carbons (Fsp3) is 0.160. The zero-order valence-corrected chi connectivity index (χ0v) is 18.6. The molecule has 0 bridgehead atoms. The molecule has 0 aromatic heterocycles. The molecule has 31 heavy (non-hydrogen) atoms. The van der Waals surface area contributed by atoms with E-state index in [1.165, 1.54) is 0 Å². The minimum Gasteiger partial charge on any atom is -0.497 e. The summed E-state index contributed by atoms with van der Waals surface area (Å²) in [5.74, 6) is 1.56. The van der Waals surface area contributed by atoms with E-state index in [4.69, 9.17) is 35.7 Å². The molecule has 162 valence electrons. The van der Waals surface area contributed by atoms with Gasteiger partial charge < -0.3 is 19.3 Å². The maximum absolute atomic E-state index is 9.00. The number of carbonyl (C=O) groups is 1. The summed E-state index contributed by atoms with van der Waals surface area (Å²) in [5.41, 5.74) is 3.86. The van der Waals surface area contributed by atoms with Crippen LogP contribution in [-0.2, 0) is 4.79 Å². The fourth-order valence-electron chi connectivity index (χ4n) is 2.82. The monoisotopic (exact) mass is 440 g/mol. The molecule has 6 heteroatoms. The third-order valence-corrected chi connectivity index (χ3v) is 4.73. The zero-order chi connectivity index (χ0) is 22.8. The second kappa shape index (κ2) is 11.7. The molecule has 0 heterocycles. The molecule has 0 amide bonds. The molecule has 0 saturated heterocycles. The summed E-state index contributed by atoms with van der Waals surface area (Å²) in [6.07, 6.45) is 0. The van der Waals surface area contributed by atoms with Gasteiger partial charge in [-0.2, -0.15) is 0 Å². The molecule has 0 unspecified atom stereocenters. The Morgan fingerprint density at radius 2 is 0.903 bits per heavy atom. The van der Waals surface area contributed by atoms with Gasteiger partial charge in [0.25, 0.3) is 5.97 Å². The van der Waals surface area contributed by atoms with E-state index in [2.05, 4.69) is 0 Å². The molecule has 3 rings (SSSR count). The number of aliphatic carboxylic acids is 1. The van der Waals surface area contributed by atoms with Crippen LogP contribution in [-0.4, -0.2) is 32.4 Å². The maximum atomic E-state index is 9.00. The first-order valence-corrected chi connectivity index (χ1v) is 9.80. The molecule has 0 spiro atoms. The predicted molar refractivity (Wildman–Crippen MR) is 124 cm³/mol. The van der Waals surface area contributed by atoms with Gasteiger partial charge in [0.15, 0.2) is 0 Å². The van der Waals surface area contributed by atoms with Crippen molar-refractivity contribution in [3.05, 3.63) is 89.5 Å². The summed E-state index contributed by atoms with van der Waals surface area (Å²) < 4.78 is 15.8. The number of halogens is 1. The van der Waals surface area contributed by atoms with Crippen molar-refractivity contribution >= 4 is 28.2 Å². The summed E-state index contributed by atoms with van der Waals surface area (Å²) in [4.78, 5) is 9.00. The molecule has 0 aliphatic rings. The first-order chi connectivity index (χ1) is 14.9. The van der Waals surface area contributed by atoms with Crippen molar-refractivity contribution in [1.29, 1.82) is 0 Å². The molecule has 0 fully saturated rings. The summed E-state index contributed by atoms with van der Waals surface area (Å²) in [6.45, 7) is 1.08. The van der Waals surface area contributed by atoms with Gasteiger partial charge in [-0.05, 0) is 65.2 Å². The van der Waals surface area contributed by atoms with Crippen molar-refractivity contribution in [2.45, 2.75) is 6.92 Å². The van der Waals surface area contributed by atoms with Crippen LogP contribution in [0.5, 0.6) is 17.2 Å². The number of ether oxygens (including phenoxy) is 3. The Labute approximate surface area is 187 Å². The summed E-state index contributed by atoms with van der Waals surface area (Å²) in [6, 6.07) is 23.4. The number of hydrogen-bond donors (Lipinski definition) is 1. The topological polar surface area (TPSA) is 65.0 Å². The molecule has 0 radical (unpaired) electrons. The molecular weight excluding hydrogens is 416 g/mol. The van der Waals surface area contributed by atoms with Crippen LogP contribution in [0.2, 0.25) is 0 Å². The van der Waals surface area contributed by atoms with Gasteiger partial charge in [0, 0.05) is 12.5 Å². The van der Waals surface area contributed by atoms with Gasteiger partial charge in [0.1, 0.15) is 17.2 Å². The van der Waals surface area contributed by atoms with Gasteiger partial charge in [0.2, 0.25) is 0 Å². The van der Waals surface area contributed by atoms with Crippen LogP contribution in [0.25, 0.3) is 10.6 Å². The summed E-state index contributed by atoms with van der Waals surface area (Å²) in [5, 5.41) is 8.08. The van der Waals surface area contributed by atoms with Crippen molar-refractivity contribution in [3.63, 3.8) is 0 Å². The Balaban J connectivity index is 0.000000785. The van der Waals surface area contributed by atoms with E-state index in [1.807, 2.05) is 72.8 Å². The van der Waals surface area contributed by atoms with Gasteiger partial charge in [-0.3, -0.25) is 4.79 Å². The van der Waals surface area contributed by atoms with Crippen molar-refractivity contribution < 1.29 is 24.1 Å². The summed E-state index contributed by atoms with van der Waals surface area (Å²) >= 11 is 6.86. The lowest BCUT2D eigenvalue weighted by Gasteiger charge is -2.14. The molecule has 5 nitrogen and oxygen atoms in total. The highest BCUT2D eigenvalue weighted by molar-refractivity contribution is 6.53. The van der Waals surface area contributed by atoms with Crippen LogP contribution in [0.1, 0.15) is 23.6 Å². The molecule has 3 aromatic rings. The number of carboxylic acids is 1. The largest absolute Gasteiger partial charge is 0.497 e. The van der Waals surface area contributed by atoms with Crippen molar-refractivity contribution in [2.24, 2.45) is 0 Å². The fourth-order valence-corrected chi connectivity index (χ4v) is 3.16. The van der Waals surface area contributed by atoms with E-state index in [0.717, 1.165) is 46.4 Å². The lowest BCUT2D eigenvalue weighted by molar-refractivity contribution is -0.134. The Morgan fingerprint density at radius 3 is 1.16 bits per heavy atom. The molecule has 0 aliphatic heterocycles. The number of methoxy groups -OCH3 is 3. The van der Waals surface area contributed by atoms with Gasteiger partial charge in [-0.25, -0.2) is 0 Å². The zero-order valence-electron chi connectivity index (χ0n) is 17.9. The van der Waals surface area contributed by atoms with E-state index < -0.39 is 5.97 Å². The lowest BCUT2D eigenvalue weighted by atomic mass is 9.95. The Morgan fingerprint density at radius 1 is 0.645 bits per heavy atom. The van der Waals surface area contributed by atoms with Crippen LogP contribution in [0, 0.1) is 0 Å². The smallest absolute Gasteiger partial charge is 0.300 e. The van der Waals surface area contributed by atoms with E-state index in [-0.39, 0.29) is 0 Å². The molecule has 3 aromatic carbocycles. The highest BCUT2D eigenvalue weighted by atomic mass is 35.5. The highest BCUT2D eigenvalue weighted by Crippen LogP contribution is 2.36. The highest BCUT2D eigenvalue weighted by Gasteiger charge is 2.13. The Bertz CT molecular complexity index is 954. The van der Waals surface area contributed by atoms with Crippen LogP contribution < -0.4 is 14.2 Å². The third kappa shape index (κ3) is 6.79. The van der Waals surface area contributed by atoms with Gasteiger partial charge in [-0.15, -0.1) is 0 Å². The number of hydrogen-bond acceptors (Lipinski definition) is 4. The van der Waals surface area contributed by atoms with Gasteiger partial charge in [-0.1, -0.05) is 35.9 Å². The van der Waals surface area contributed by atoms with Gasteiger partial charge in [0.05, 0.1) is 26.4 Å². The average molecular weight is 441 g/mol. The maximum Gasteiger partial charge on any atom is 0.300 e. The number of rotatable bonds is 6. The van der Waals surface area contributed by atoms with Crippen LogP contribution >= 0.6 is 11.6 Å². The van der Waals surface area contributed by atoms with Crippen LogP contribution in [0.4, 0.5) is 0 Å². The Hall–Kier alpha value is -3.44.